The van der Waals surface area contributed by atoms with Crippen molar-refractivity contribution in [3.63, 3.8) is 0 Å². The van der Waals surface area contributed by atoms with Crippen LogP contribution >= 0.6 is 0 Å². The van der Waals surface area contributed by atoms with Gasteiger partial charge in [-0.15, -0.1) is 0 Å². The van der Waals surface area contributed by atoms with Gasteiger partial charge in [-0.3, -0.25) is 9.89 Å². The number of nitrogens with one attached hydrogen (secondary N) is 2. The molecule has 0 radical (unpaired) electrons. The Morgan fingerprint density at radius 3 is 2.52 bits per heavy atom. The average molecular weight is 375 g/mol. The second-order valence-corrected chi connectivity index (χ2v) is 7.58. The molecule has 27 heavy (non-hydrogen) atoms. The summed E-state index contributed by atoms with van der Waals surface area (Å²) in [6.07, 6.45) is 5.15. The Kier molecular flexibility index (Phi) is 7.21. The molecule has 0 spiro atoms. The molecule has 1 aliphatic heterocycles. The number of aliphatic imine (C=N–C) groups is 1. The maximum absolute atomic E-state index is 5.39. The molecule has 6 heteroatoms. The largest absolute Gasteiger partial charge is 0.497 e. The Morgan fingerprint density at radius 2 is 1.89 bits per heavy atom. The van der Waals surface area contributed by atoms with Gasteiger partial charge in [0.15, 0.2) is 5.96 Å². The monoisotopic (exact) mass is 374 g/mol. The lowest BCUT2D eigenvalue weighted by atomic mass is 10.2. The van der Waals surface area contributed by atoms with Crippen LogP contribution < -0.4 is 20.1 Å². The Balaban J connectivity index is 1.51. The SMILES string of the molecule is CCNC(=NCCC1CC1)NC1CCN(Cc2cc(OC)cc(OC)c2)C1. The van der Waals surface area contributed by atoms with Crippen molar-refractivity contribution in [1.29, 1.82) is 0 Å². The number of hydrogen-bond acceptors (Lipinski definition) is 4. The summed E-state index contributed by atoms with van der Waals surface area (Å²) < 4.78 is 10.8. The molecular weight excluding hydrogens is 340 g/mol. The van der Waals surface area contributed by atoms with E-state index in [1.165, 1.54) is 24.8 Å². The molecule has 0 bridgehead atoms. The van der Waals surface area contributed by atoms with Crippen LogP contribution in [0.1, 0.15) is 38.2 Å². The Bertz CT molecular complexity index is 608. The molecule has 1 atom stereocenters. The summed E-state index contributed by atoms with van der Waals surface area (Å²) in [5, 5.41) is 7.01. The summed E-state index contributed by atoms with van der Waals surface area (Å²) in [6, 6.07) is 6.54. The fourth-order valence-corrected chi connectivity index (χ4v) is 3.59. The van der Waals surface area contributed by atoms with Crippen LogP contribution in [0.3, 0.4) is 0 Å². The maximum atomic E-state index is 5.39. The van der Waals surface area contributed by atoms with Gasteiger partial charge in [0.25, 0.3) is 0 Å². The third-order valence-corrected chi connectivity index (χ3v) is 5.28. The first-order valence-electron chi connectivity index (χ1n) is 10.2. The molecule has 1 saturated heterocycles. The minimum Gasteiger partial charge on any atom is -0.497 e. The first-order chi connectivity index (χ1) is 13.2. The van der Waals surface area contributed by atoms with E-state index >= 15 is 0 Å². The van der Waals surface area contributed by atoms with E-state index in [9.17, 15) is 0 Å². The van der Waals surface area contributed by atoms with Crippen LogP contribution in [0.5, 0.6) is 11.5 Å². The molecule has 1 unspecified atom stereocenters. The predicted molar refractivity (Wildman–Crippen MR) is 110 cm³/mol. The first kappa shape index (κ1) is 19.8. The maximum Gasteiger partial charge on any atom is 0.191 e. The molecule has 1 saturated carbocycles. The summed E-state index contributed by atoms with van der Waals surface area (Å²) in [7, 11) is 3.39. The van der Waals surface area contributed by atoms with Gasteiger partial charge in [0.1, 0.15) is 11.5 Å². The van der Waals surface area contributed by atoms with Crippen molar-refractivity contribution in [3.8, 4) is 11.5 Å². The highest BCUT2D eigenvalue weighted by Gasteiger charge is 2.24. The number of ether oxygens (including phenoxy) is 2. The molecule has 0 aromatic heterocycles. The highest BCUT2D eigenvalue weighted by atomic mass is 16.5. The summed E-state index contributed by atoms with van der Waals surface area (Å²) in [5.74, 6) is 3.58. The zero-order valence-corrected chi connectivity index (χ0v) is 17.0. The fraction of sp³-hybridized carbons (Fsp3) is 0.667. The zero-order chi connectivity index (χ0) is 19.1. The van der Waals surface area contributed by atoms with Crippen LogP contribution in [0, 0.1) is 5.92 Å². The van der Waals surface area contributed by atoms with Gasteiger partial charge in [-0.1, -0.05) is 12.8 Å². The molecule has 1 aromatic carbocycles. The summed E-state index contributed by atoms with van der Waals surface area (Å²) in [6.45, 7) is 6.96. The fourth-order valence-electron chi connectivity index (χ4n) is 3.59. The zero-order valence-electron chi connectivity index (χ0n) is 17.0. The third kappa shape index (κ3) is 6.31. The minimum absolute atomic E-state index is 0.441. The van der Waals surface area contributed by atoms with E-state index in [-0.39, 0.29) is 0 Å². The molecule has 1 heterocycles. The van der Waals surface area contributed by atoms with E-state index in [0.29, 0.717) is 6.04 Å². The van der Waals surface area contributed by atoms with Crippen molar-refractivity contribution < 1.29 is 9.47 Å². The van der Waals surface area contributed by atoms with Gasteiger partial charge >= 0.3 is 0 Å². The van der Waals surface area contributed by atoms with E-state index in [0.717, 1.165) is 62.5 Å². The number of benzene rings is 1. The highest BCUT2D eigenvalue weighted by molar-refractivity contribution is 5.80. The Morgan fingerprint density at radius 1 is 1.15 bits per heavy atom. The Labute approximate surface area is 163 Å². The lowest BCUT2D eigenvalue weighted by Crippen LogP contribution is -2.44. The van der Waals surface area contributed by atoms with Crippen molar-refractivity contribution in [1.82, 2.24) is 15.5 Å². The lowest BCUT2D eigenvalue weighted by molar-refractivity contribution is 0.321. The predicted octanol–water partition coefficient (Wildman–Crippen LogP) is 2.63. The molecule has 150 valence electrons. The van der Waals surface area contributed by atoms with Crippen molar-refractivity contribution in [2.75, 3.05) is 40.4 Å². The molecule has 0 amide bonds. The van der Waals surface area contributed by atoms with Crippen LogP contribution in [-0.4, -0.2) is 57.3 Å². The molecule has 2 fully saturated rings. The standard InChI is InChI=1S/C21H34N4O2/c1-4-22-21(23-9-7-16-5-6-16)24-18-8-10-25(15-18)14-17-11-19(26-2)13-20(12-17)27-3/h11-13,16,18H,4-10,14-15H2,1-3H3,(H2,22,23,24). The van der Waals surface area contributed by atoms with Gasteiger partial charge in [-0.05, 0) is 43.4 Å². The number of guanidine groups is 1. The highest BCUT2D eigenvalue weighted by Crippen LogP contribution is 2.32. The smallest absolute Gasteiger partial charge is 0.191 e. The first-order valence-corrected chi connectivity index (χ1v) is 10.2. The molecule has 1 aliphatic carbocycles. The van der Waals surface area contributed by atoms with Crippen LogP contribution in [0.4, 0.5) is 0 Å². The summed E-state index contributed by atoms with van der Waals surface area (Å²) in [4.78, 5) is 7.23. The van der Waals surface area contributed by atoms with Crippen LogP contribution in [0.2, 0.25) is 0 Å². The molecule has 3 rings (SSSR count). The minimum atomic E-state index is 0.441. The quantitative estimate of drug-likeness (QED) is 0.514. The average Bonchev–Trinajstić information content (AvgIpc) is 3.40. The second-order valence-electron chi connectivity index (χ2n) is 7.58. The number of likely N-dealkylation sites (tertiary alicyclic amines) is 1. The number of methoxy groups -OCH3 is 2. The van der Waals surface area contributed by atoms with Crippen LogP contribution in [0.25, 0.3) is 0 Å². The normalized spacial score (nSPS) is 20.6. The Hall–Kier alpha value is -1.95. The number of hydrogen-bond donors (Lipinski definition) is 2. The van der Waals surface area contributed by atoms with Gasteiger partial charge in [0, 0.05) is 44.8 Å². The molecular formula is C21H34N4O2. The van der Waals surface area contributed by atoms with E-state index in [4.69, 9.17) is 14.5 Å². The van der Waals surface area contributed by atoms with Gasteiger partial charge in [-0.25, -0.2) is 0 Å². The summed E-state index contributed by atoms with van der Waals surface area (Å²) in [5.41, 5.74) is 1.22. The van der Waals surface area contributed by atoms with Crippen molar-refractivity contribution >= 4 is 5.96 Å². The third-order valence-electron chi connectivity index (χ3n) is 5.28. The summed E-state index contributed by atoms with van der Waals surface area (Å²) >= 11 is 0. The number of rotatable bonds is 9. The van der Waals surface area contributed by atoms with Gasteiger partial charge in [0.2, 0.25) is 0 Å². The van der Waals surface area contributed by atoms with Crippen molar-refractivity contribution in [3.05, 3.63) is 23.8 Å². The van der Waals surface area contributed by atoms with Gasteiger partial charge in [0.05, 0.1) is 14.2 Å². The molecule has 6 nitrogen and oxygen atoms in total. The molecule has 1 aromatic rings. The molecule has 2 N–H and O–H groups in total. The van der Waals surface area contributed by atoms with Gasteiger partial charge < -0.3 is 20.1 Å². The van der Waals surface area contributed by atoms with E-state index in [1.807, 2.05) is 6.07 Å². The van der Waals surface area contributed by atoms with E-state index in [2.05, 4.69) is 34.6 Å². The van der Waals surface area contributed by atoms with E-state index < -0.39 is 0 Å². The van der Waals surface area contributed by atoms with E-state index in [1.54, 1.807) is 14.2 Å². The van der Waals surface area contributed by atoms with Crippen molar-refractivity contribution in [2.45, 2.75) is 45.2 Å². The lowest BCUT2D eigenvalue weighted by Gasteiger charge is -2.19. The molecule has 2 aliphatic rings. The topological polar surface area (TPSA) is 58.1 Å². The van der Waals surface area contributed by atoms with Crippen LogP contribution in [0.15, 0.2) is 23.2 Å². The van der Waals surface area contributed by atoms with Crippen molar-refractivity contribution in [2.24, 2.45) is 10.9 Å². The second kappa shape index (κ2) is 9.83. The van der Waals surface area contributed by atoms with Gasteiger partial charge in [-0.2, -0.15) is 0 Å². The number of nitrogens with zero attached hydrogens (tertiary/aromatic N) is 2. The van der Waals surface area contributed by atoms with Crippen LogP contribution in [-0.2, 0) is 6.54 Å².